The van der Waals surface area contributed by atoms with E-state index < -0.39 is 10.0 Å². The molecular formula is C20H27N4O3S+. The van der Waals surface area contributed by atoms with Gasteiger partial charge in [-0.05, 0) is 30.7 Å². The maximum atomic E-state index is 12.8. The van der Waals surface area contributed by atoms with E-state index in [1.54, 1.807) is 29.4 Å². The van der Waals surface area contributed by atoms with Gasteiger partial charge in [0.25, 0.3) is 0 Å². The zero-order valence-corrected chi connectivity index (χ0v) is 17.2. The summed E-state index contributed by atoms with van der Waals surface area (Å²) < 4.78 is 25.8. The summed E-state index contributed by atoms with van der Waals surface area (Å²) in [5.74, 6) is -0.156. The van der Waals surface area contributed by atoms with Crippen LogP contribution in [0, 0.1) is 6.92 Å². The Bertz CT molecular complexity index is 910. The summed E-state index contributed by atoms with van der Waals surface area (Å²) in [4.78, 5) is 20.0. The number of carbonyl (C=O) groups excluding carboxylic acids is 1. The lowest BCUT2D eigenvalue weighted by Crippen LogP contribution is -3.13. The molecule has 1 fully saturated rings. The van der Waals surface area contributed by atoms with Gasteiger partial charge in [-0.25, -0.2) is 8.42 Å². The molecular weight excluding hydrogens is 376 g/mol. The van der Waals surface area contributed by atoms with E-state index in [2.05, 4.69) is 4.98 Å². The summed E-state index contributed by atoms with van der Waals surface area (Å²) >= 11 is 0. The molecule has 0 saturated carbocycles. The Balaban J connectivity index is 1.62. The lowest BCUT2D eigenvalue weighted by atomic mass is 10.2. The molecule has 1 aliphatic rings. The maximum Gasteiger partial charge on any atom is 0.243 e. The number of para-hydroxylation sites is 1. The molecule has 150 valence electrons. The van der Waals surface area contributed by atoms with Gasteiger partial charge < -0.3 is 9.80 Å². The zero-order chi connectivity index (χ0) is 20.1. The van der Waals surface area contributed by atoms with Crippen LogP contribution in [-0.4, -0.2) is 63.2 Å². The van der Waals surface area contributed by atoms with Crippen molar-refractivity contribution >= 4 is 21.6 Å². The van der Waals surface area contributed by atoms with E-state index in [1.165, 1.54) is 14.8 Å². The number of aromatic nitrogens is 1. The Hall–Kier alpha value is -2.45. The topological polar surface area (TPSA) is 75.0 Å². The predicted molar refractivity (Wildman–Crippen MR) is 109 cm³/mol. The Morgan fingerprint density at radius 3 is 2.39 bits per heavy atom. The van der Waals surface area contributed by atoms with Gasteiger partial charge in [-0.1, -0.05) is 18.2 Å². The molecule has 1 saturated heterocycles. The Morgan fingerprint density at radius 2 is 1.79 bits per heavy atom. The van der Waals surface area contributed by atoms with Crippen LogP contribution in [0.2, 0.25) is 0 Å². The molecule has 1 aromatic carbocycles. The first kappa shape index (κ1) is 20.3. The number of pyridine rings is 1. The number of benzene rings is 1. The summed E-state index contributed by atoms with van der Waals surface area (Å²) in [6.07, 6.45) is 4.73. The normalized spacial score (nSPS) is 15.4. The fourth-order valence-corrected chi connectivity index (χ4v) is 4.39. The molecule has 8 heteroatoms. The van der Waals surface area contributed by atoms with E-state index in [-0.39, 0.29) is 12.5 Å². The van der Waals surface area contributed by atoms with E-state index in [0.29, 0.717) is 18.8 Å². The summed E-state index contributed by atoms with van der Waals surface area (Å²) in [6, 6.07) is 11.2. The van der Waals surface area contributed by atoms with Crippen LogP contribution in [0.15, 0.2) is 48.8 Å². The van der Waals surface area contributed by atoms with E-state index >= 15 is 0 Å². The Kier molecular flexibility index (Phi) is 6.31. The van der Waals surface area contributed by atoms with Crippen molar-refractivity contribution < 1.29 is 18.1 Å². The molecule has 0 atom stereocenters. The van der Waals surface area contributed by atoms with Crippen LogP contribution in [0.4, 0.5) is 5.69 Å². The largest absolute Gasteiger partial charge is 0.330 e. The third-order valence-corrected chi connectivity index (χ3v) is 6.22. The third kappa shape index (κ3) is 5.08. The number of hydrogen-bond donors (Lipinski definition) is 1. The van der Waals surface area contributed by atoms with Crippen LogP contribution in [0.3, 0.4) is 0 Å². The minimum atomic E-state index is -3.55. The standard InChI is InChI=1S/C20H26N4O3S/c1-17-5-3-4-6-19(17)24(28(2,26)27)16-20(25)23-13-11-22(12-14-23)15-18-7-9-21-10-8-18/h3-10H,11-16H2,1-2H3/p+1. The second kappa shape index (κ2) is 8.70. The van der Waals surface area contributed by atoms with E-state index in [0.717, 1.165) is 31.5 Å². The lowest BCUT2D eigenvalue weighted by molar-refractivity contribution is -0.917. The number of piperazine rings is 1. The molecule has 1 amide bonds. The highest BCUT2D eigenvalue weighted by molar-refractivity contribution is 7.92. The van der Waals surface area contributed by atoms with Crippen molar-refractivity contribution in [3.05, 3.63) is 59.9 Å². The molecule has 0 radical (unpaired) electrons. The van der Waals surface area contributed by atoms with Crippen molar-refractivity contribution in [1.29, 1.82) is 0 Å². The number of rotatable bonds is 6. The highest BCUT2D eigenvalue weighted by atomic mass is 32.2. The average Bonchev–Trinajstić information content (AvgIpc) is 2.67. The smallest absolute Gasteiger partial charge is 0.243 e. The monoisotopic (exact) mass is 403 g/mol. The van der Waals surface area contributed by atoms with Crippen LogP contribution >= 0.6 is 0 Å². The third-order valence-electron chi connectivity index (χ3n) is 5.09. The van der Waals surface area contributed by atoms with Crippen molar-refractivity contribution in [2.24, 2.45) is 0 Å². The molecule has 1 N–H and O–H groups in total. The quantitative estimate of drug-likeness (QED) is 0.742. The summed E-state index contributed by atoms with van der Waals surface area (Å²) in [5.41, 5.74) is 2.61. The molecule has 0 spiro atoms. The van der Waals surface area contributed by atoms with E-state index in [1.807, 2.05) is 31.2 Å². The molecule has 3 rings (SSSR count). The van der Waals surface area contributed by atoms with Crippen molar-refractivity contribution in [3.8, 4) is 0 Å². The Morgan fingerprint density at radius 1 is 1.14 bits per heavy atom. The van der Waals surface area contributed by atoms with Crippen LogP contribution in [-0.2, 0) is 21.4 Å². The molecule has 1 aromatic heterocycles. The number of nitrogens with one attached hydrogen (secondary N) is 1. The number of quaternary nitrogens is 1. The number of sulfonamides is 1. The van der Waals surface area contributed by atoms with Gasteiger partial charge in [0.05, 0.1) is 38.1 Å². The maximum absolute atomic E-state index is 12.8. The van der Waals surface area contributed by atoms with Crippen molar-refractivity contribution in [2.45, 2.75) is 13.5 Å². The number of anilines is 1. The second-order valence-electron chi connectivity index (χ2n) is 7.22. The minimum Gasteiger partial charge on any atom is -0.330 e. The molecule has 1 aliphatic heterocycles. The lowest BCUT2D eigenvalue weighted by Gasteiger charge is -2.34. The van der Waals surface area contributed by atoms with Crippen molar-refractivity contribution in [2.75, 3.05) is 43.3 Å². The molecule has 0 bridgehead atoms. The molecule has 0 aliphatic carbocycles. The molecule has 2 aromatic rings. The van der Waals surface area contributed by atoms with Crippen LogP contribution in [0.25, 0.3) is 0 Å². The zero-order valence-electron chi connectivity index (χ0n) is 16.3. The molecule has 28 heavy (non-hydrogen) atoms. The highest BCUT2D eigenvalue weighted by Crippen LogP contribution is 2.22. The summed E-state index contributed by atoms with van der Waals surface area (Å²) in [7, 11) is -3.55. The van der Waals surface area contributed by atoms with Gasteiger partial charge in [-0.3, -0.25) is 14.1 Å². The fourth-order valence-electron chi connectivity index (χ4n) is 3.49. The molecule has 2 heterocycles. The van der Waals surface area contributed by atoms with Gasteiger partial charge in [0.1, 0.15) is 13.1 Å². The van der Waals surface area contributed by atoms with Gasteiger partial charge in [0.2, 0.25) is 15.9 Å². The van der Waals surface area contributed by atoms with Crippen molar-refractivity contribution in [1.82, 2.24) is 9.88 Å². The van der Waals surface area contributed by atoms with Crippen LogP contribution in [0.1, 0.15) is 11.1 Å². The van der Waals surface area contributed by atoms with Gasteiger partial charge in [0.15, 0.2) is 0 Å². The average molecular weight is 404 g/mol. The highest BCUT2D eigenvalue weighted by Gasteiger charge is 2.28. The first-order valence-electron chi connectivity index (χ1n) is 9.38. The fraction of sp³-hybridized carbons (Fsp3) is 0.400. The number of nitrogens with zero attached hydrogens (tertiary/aromatic N) is 3. The number of amides is 1. The van der Waals surface area contributed by atoms with E-state index in [9.17, 15) is 13.2 Å². The second-order valence-corrected chi connectivity index (χ2v) is 9.13. The summed E-state index contributed by atoms with van der Waals surface area (Å²) in [5, 5.41) is 0. The van der Waals surface area contributed by atoms with Crippen LogP contribution < -0.4 is 9.21 Å². The SMILES string of the molecule is Cc1ccccc1N(CC(=O)N1CC[NH+](Cc2ccncc2)CC1)S(C)(=O)=O. The van der Waals surface area contributed by atoms with Gasteiger partial charge in [0, 0.05) is 18.0 Å². The number of carbonyl (C=O) groups is 1. The Labute approximate surface area is 166 Å². The van der Waals surface area contributed by atoms with Crippen molar-refractivity contribution in [3.63, 3.8) is 0 Å². The van der Waals surface area contributed by atoms with Gasteiger partial charge >= 0.3 is 0 Å². The predicted octanol–water partition coefficient (Wildman–Crippen LogP) is 0.0833. The summed E-state index contributed by atoms with van der Waals surface area (Å²) in [6.45, 7) is 5.54. The number of hydrogen-bond acceptors (Lipinski definition) is 4. The molecule has 0 unspecified atom stereocenters. The van der Waals surface area contributed by atoms with Gasteiger partial charge in [-0.2, -0.15) is 0 Å². The van der Waals surface area contributed by atoms with E-state index in [4.69, 9.17) is 0 Å². The van der Waals surface area contributed by atoms with Gasteiger partial charge in [-0.15, -0.1) is 0 Å². The number of aryl methyl sites for hydroxylation is 1. The first-order valence-corrected chi connectivity index (χ1v) is 11.2. The first-order chi connectivity index (χ1) is 13.3. The van der Waals surface area contributed by atoms with Crippen LogP contribution in [0.5, 0.6) is 0 Å². The molecule has 7 nitrogen and oxygen atoms in total. The minimum absolute atomic E-state index is 0.156.